The fourth-order valence-electron chi connectivity index (χ4n) is 1.16. The van der Waals surface area contributed by atoms with Gasteiger partial charge in [-0.05, 0) is 12.1 Å². The maximum absolute atomic E-state index is 11.4. The normalized spacial score (nSPS) is 10.2. The van der Waals surface area contributed by atoms with E-state index in [0.29, 0.717) is 11.6 Å². The van der Waals surface area contributed by atoms with Crippen LogP contribution in [0.15, 0.2) is 29.0 Å². The molecule has 0 aliphatic carbocycles. The maximum atomic E-state index is 11.4. The van der Waals surface area contributed by atoms with Crippen LogP contribution in [-0.2, 0) is 18.3 Å². The first-order valence-electron chi connectivity index (χ1n) is 4.42. The average molecular weight is 206 g/mol. The van der Waals surface area contributed by atoms with Crippen molar-refractivity contribution in [2.45, 2.75) is 6.42 Å². The fourth-order valence-corrected chi connectivity index (χ4v) is 1.16. The van der Waals surface area contributed by atoms with Crippen LogP contribution < -0.4 is 5.32 Å². The van der Waals surface area contributed by atoms with Crippen molar-refractivity contribution in [3.63, 3.8) is 0 Å². The van der Waals surface area contributed by atoms with Gasteiger partial charge in [0.15, 0.2) is 5.82 Å². The van der Waals surface area contributed by atoms with E-state index in [1.54, 1.807) is 25.4 Å². The van der Waals surface area contributed by atoms with Gasteiger partial charge in [-0.3, -0.25) is 9.48 Å². The fraction of sp³-hybridized carbons (Fsp3) is 0.222. The van der Waals surface area contributed by atoms with E-state index in [9.17, 15) is 4.79 Å². The van der Waals surface area contributed by atoms with Crippen LogP contribution in [0.25, 0.3) is 0 Å². The van der Waals surface area contributed by atoms with E-state index in [1.807, 2.05) is 0 Å². The minimum absolute atomic E-state index is 0.176. The molecule has 6 nitrogen and oxygen atoms in total. The van der Waals surface area contributed by atoms with Gasteiger partial charge in [0.25, 0.3) is 0 Å². The van der Waals surface area contributed by atoms with Gasteiger partial charge in [-0.1, -0.05) is 5.21 Å². The highest BCUT2D eigenvalue weighted by molar-refractivity contribution is 5.90. The molecule has 0 spiro atoms. The van der Waals surface area contributed by atoms with Gasteiger partial charge in [0, 0.05) is 7.05 Å². The van der Waals surface area contributed by atoms with Crippen LogP contribution in [0.1, 0.15) is 5.76 Å². The molecule has 0 radical (unpaired) electrons. The largest absolute Gasteiger partial charge is 0.469 e. The molecule has 6 heteroatoms. The summed E-state index contributed by atoms with van der Waals surface area (Å²) in [5.74, 6) is 0.885. The number of hydrogen-bond acceptors (Lipinski definition) is 4. The zero-order chi connectivity index (χ0) is 10.7. The summed E-state index contributed by atoms with van der Waals surface area (Å²) >= 11 is 0. The Balaban J connectivity index is 1.93. The van der Waals surface area contributed by atoms with E-state index in [4.69, 9.17) is 4.42 Å². The zero-order valence-corrected chi connectivity index (χ0v) is 8.17. The van der Waals surface area contributed by atoms with Crippen molar-refractivity contribution < 1.29 is 9.21 Å². The van der Waals surface area contributed by atoms with Crippen molar-refractivity contribution in [2.24, 2.45) is 7.05 Å². The van der Waals surface area contributed by atoms with Crippen molar-refractivity contribution >= 4 is 11.7 Å². The van der Waals surface area contributed by atoms with Crippen molar-refractivity contribution in [3.8, 4) is 0 Å². The molecule has 78 valence electrons. The molecular weight excluding hydrogens is 196 g/mol. The SMILES string of the molecule is Cn1cc(NC(=O)Cc2ccco2)nn1. The second kappa shape index (κ2) is 3.95. The number of carbonyl (C=O) groups is 1. The molecule has 0 aromatic carbocycles. The van der Waals surface area contributed by atoms with Gasteiger partial charge < -0.3 is 9.73 Å². The summed E-state index contributed by atoms with van der Waals surface area (Å²) in [5.41, 5.74) is 0. The first-order chi connectivity index (χ1) is 7.24. The third-order valence-corrected chi connectivity index (χ3v) is 1.79. The van der Waals surface area contributed by atoms with Gasteiger partial charge in [0.05, 0.1) is 18.9 Å². The number of nitrogens with one attached hydrogen (secondary N) is 1. The summed E-state index contributed by atoms with van der Waals surface area (Å²) in [6, 6.07) is 3.49. The molecule has 0 atom stereocenters. The Labute approximate surface area is 85.9 Å². The predicted octanol–water partition coefficient (Wildman–Crippen LogP) is 0.589. The minimum Gasteiger partial charge on any atom is -0.469 e. The van der Waals surface area contributed by atoms with Crippen molar-refractivity contribution in [2.75, 3.05) is 5.32 Å². The van der Waals surface area contributed by atoms with E-state index in [1.165, 1.54) is 10.9 Å². The second-order valence-electron chi connectivity index (χ2n) is 3.08. The molecule has 2 rings (SSSR count). The lowest BCUT2D eigenvalue weighted by Gasteiger charge is -1.97. The molecule has 0 aliphatic heterocycles. The topological polar surface area (TPSA) is 73.0 Å². The Bertz CT molecular complexity index is 446. The lowest BCUT2D eigenvalue weighted by Crippen LogP contribution is -2.14. The Morgan fingerprint density at radius 2 is 2.53 bits per heavy atom. The molecule has 1 amide bonds. The third-order valence-electron chi connectivity index (χ3n) is 1.79. The molecule has 15 heavy (non-hydrogen) atoms. The summed E-state index contributed by atoms with van der Waals surface area (Å²) in [7, 11) is 1.73. The second-order valence-corrected chi connectivity index (χ2v) is 3.08. The number of carbonyl (C=O) groups excluding carboxylic acids is 1. The lowest BCUT2D eigenvalue weighted by molar-refractivity contribution is -0.115. The van der Waals surface area contributed by atoms with E-state index < -0.39 is 0 Å². The molecule has 0 unspecified atom stereocenters. The molecule has 0 aliphatic rings. The molecule has 0 fully saturated rings. The van der Waals surface area contributed by atoms with Gasteiger partial charge >= 0.3 is 0 Å². The molecule has 2 aromatic rings. The van der Waals surface area contributed by atoms with E-state index in [-0.39, 0.29) is 12.3 Å². The summed E-state index contributed by atoms with van der Waals surface area (Å²) in [5, 5.41) is 10.0. The maximum Gasteiger partial charge on any atom is 0.233 e. The van der Waals surface area contributed by atoms with Crippen LogP contribution in [0.3, 0.4) is 0 Å². The van der Waals surface area contributed by atoms with Crippen LogP contribution in [-0.4, -0.2) is 20.9 Å². The molecule has 0 saturated heterocycles. The van der Waals surface area contributed by atoms with Crippen molar-refractivity contribution in [3.05, 3.63) is 30.4 Å². The smallest absolute Gasteiger partial charge is 0.233 e. The highest BCUT2D eigenvalue weighted by Gasteiger charge is 2.07. The Morgan fingerprint density at radius 3 is 3.13 bits per heavy atom. The number of rotatable bonds is 3. The highest BCUT2D eigenvalue weighted by atomic mass is 16.3. The summed E-state index contributed by atoms with van der Waals surface area (Å²) in [6.07, 6.45) is 3.36. The lowest BCUT2D eigenvalue weighted by atomic mass is 10.3. The average Bonchev–Trinajstić information content (AvgIpc) is 2.77. The Kier molecular flexibility index (Phi) is 2.49. The molecule has 0 saturated carbocycles. The predicted molar refractivity (Wildman–Crippen MR) is 52.0 cm³/mol. The summed E-state index contributed by atoms with van der Waals surface area (Å²) in [4.78, 5) is 11.4. The van der Waals surface area contributed by atoms with Crippen molar-refractivity contribution in [1.82, 2.24) is 15.0 Å². The number of aryl methyl sites for hydroxylation is 1. The number of amides is 1. The zero-order valence-electron chi connectivity index (χ0n) is 8.17. The number of aromatic nitrogens is 3. The van der Waals surface area contributed by atoms with Crippen LogP contribution in [0.2, 0.25) is 0 Å². The minimum atomic E-state index is -0.176. The van der Waals surface area contributed by atoms with E-state index in [2.05, 4.69) is 15.6 Å². The molecular formula is C9H10N4O2. The van der Waals surface area contributed by atoms with Crippen LogP contribution in [0.4, 0.5) is 5.82 Å². The van der Waals surface area contributed by atoms with Crippen LogP contribution in [0.5, 0.6) is 0 Å². The van der Waals surface area contributed by atoms with E-state index >= 15 is 0 Å². The molecule has 2 heterocycles. The molecule has 0 bridgehead atoms. The third kappa shape index (κ3) is 2.43. The summed E-state index contributed by atoms with van der Waals surface area (Å²) < 4.78 is 6.56. The summed E-state index contributed by atoms with van der Waals surface area (Å²) in [6.45, 7) is 0. The molecule has 1 N–H and O–H groups in total. The van der Waals surface area contributed by atoms with Crippen LogP contribution in [0, 0.1) is 0 Å². The number of furan rings is 1. The molecule has 2 aromatic heterocycles. The van der Waals surface area contributed by atoms with Gasteiger partial charge in [-0.25, -0.2) is 0 Å². The van der Waals surface area contributed by atoms with Crippen molar-refractivity contribution in [1.29, 1.82) is 0 Å². The van der Waals surface area contributed by atoms with Gasteiger partial charge in [0.1, 0.15) is 5.76 Å². The number of hydrogen-bond donors (Lipinski definition) is 1. The van der Waals surface area contributed by atoms with Crippen LogP contribution >= 0.6 is 0 Å². The van der Waals surface area contributed by atoms with Gasteiger partial charge in [-0.15, -0.1) is 5.10 Å². The Hall–Kier alpha value is -2.11. The quantitative estimate of drug-likeness (QED) is 0.797. The van der Waals surface area contributed by atoms with E-state index in [0.717, 1.165) is 0 Å². The number of nitrogens with zero attached hydrogens (tertiary/aromatic N) is 3. The highest BCUT2D eigenvalue weighted by Crippen LogP contribution is 2.04. The van der Waals surface area contributed by atoms with Gasteiger partial charge in [0.2, 0.25) is 5.91 Å². The monoisotopic (exact) mass is 206 g/mol. The Morgan fingerprint density at radius 1 is 1.67 bits per heavy atom. The standard InChI is InChI=1S/C9H10N4O2/c1-13-6-8(11-12-13)10-9(14)5-7-3-2-4-15-7/h2-4,6H,5H2,1H3,(H,10,14). The first-order valence-corrected chi connectivity index (χ1v) is 4.42. The number of anilines is 1. The first kappa shape index (κ1) is 9.45. The van der Waals surface area contributed by atoms with Gasteiger partial charge in [-0.2, -0.15) is 0 Å².